The van der Waals surface area contributed by atoms with E-state index in [1.165, 1.54) is 19.3 Å². The number of hydrogen-bond acceptors (Lipinski definition) is 5. The van der Waals surface area contributed by atoms with Crippen molar-refractivity contribution >= 4 is 21.6 Å². The molecule has 0 aromatic carbocycles. The maximum Gasteiger partial charge on any atom is 0.166 e. The van der Waals surface area contributed by atoms with Gasteiger partial charge < -0.3 is 5.73 Å². The predicted octanol–water partition coefficient (Wildman–Crippen LogP) is 2.48. The zero-order valence-electron chi connectivity index (χ0n) is 13.8. The lowest BCUT2D eigenvalue weighted by Crippen LogP contribution is -2.61. The first-order valence-corrected chi connectivity index (χ1v) is 11.0. The molecule has 0 spiro atoms. The maximum absolute atomic E-state index is 12.4. The molecule has 2 atom stereocenters. The Balaban J connectivity index is 2.83. The molecule has 1 fully saturated rings. The summed E-state index contributed by atoms with van der Waals surface area (Å²) in [6.45, 7) is 7.45. The van der Waals surface area contributed by atoms with Gasteiger partial charge in [-0.3, -0.25) is 4.90 Å². The van der Waals surface area contributed by atoms with Crippen molar-refractivity contribution in [2.75, 3.05) is 30.3 Å². The first-order valence-electron chi connectivity index (χ1n) is 8.17. The van der Waals surface area contributed by atoms with E-state index >= 15 is 0 Å². The fourth-order valence-electron chi connectivity index (χ4n) is 2.98. The topological polar surface area (TPSA) is 63.4 Å². The number of nitrogens with two attached hydrogens (primary N) is 1. The van der Waals surface area contributed by atoms with Crippen molar-refractivity contribution < 1.29 is 8.42 Å². The molecule has 0 amide bonds. The first-order chi connectivity index (χ1) is 9.91. The van der Waals surface area contributed by atoms with Crippen LogP contribution in [0.1, 0.15) is 52.9 Å². The van der Waals surface area contributed by atoms with Crippen molar-refractivity contribution in [3.63, 3.8) is 0 Å². The van der Waals surface area contributed by atoms with Gasteiger partial charge in [0.1, 0.15) is 5.37 Å². The van der Waals surface area contributed by atoms with E-state index in [1.54, 1.807) is 18.7 Å². The minimum atomic E-state index is -3.05. The summed E-state index contributed by atoms with van der Waals surface area (Å²) in [6.07, 6.45) is 5.79. The molecule has 1 rings (SSSR count). The number of sulfone groups is 1. The maximum atomic E-state index is 12.4. The Hall–Kier alpha value is 0.220. The molecule has 1 aliphatic heterocycles. The normalized spacial score (nSPS) is 23.9. The minimum absolute atomic E-state index is 0.193. The SMILES string of the molecule is CCCCCCC(C)(CN)N1CCSCC1S(=O)(=O)CC. The molecule has 0 aromatic rings. The van der Waals surface area contributed by atoms with Gasteiger partial charge >= 0.3 is 0 Å². The summed E-state index contributed by atoms with van der Waals surface area (Å²) in [4.78, 5) is 2.19. The second-order valence-electron chi connectivity index (χ2n) is 6.19. The van der Waals surface area contributed by atoms with Crippen LogP contribution in [0.4, 0.5) is 0 Å². The lowest BCUT2D eigenvalue weighted by atomic mass is 9.92. The Morgan fingerprint density at radius 3 is 2.57 bits per heavy atom. The van der Waals surface area contributed by atoms with Crippen molar-refractivity contribution in [1.82, 2.24) is 4.90 Å². The van der Waals surface area contributed by atoms with Gasteiger partial charge in [0.15, 0.2) is 9.84 Å². The van der Waals surface area contributed by atoms with E-state index in [0.29, 0.717) is 12.3 Å². The van der Waals surface area contributed by atoms with Crippen LogP contribution in [0.5, 0.6) is 0 Å². The van der Waals surface area contributed by atoms with E-state index in [0.717, 1.165) is 25.1 Å². The molecule has 0 bridgehead atoms. The molecule has 1 heterocycles. The smallest absolute Gasteiger partial charge is 0.166 e. The highest BCUT2D eigenvalue weighted by Gasteiger charge is 2.41. The van der Waals surface area contributed by atoms with Crippen LogP contribution in [0.3, 0.4) is 0 Å². The predicted molar refractivity (Wildman–Crippen MR) is 93.5 cm³/mol. The van der Waals surface area contributed by atoms with E-state index in [1.807, 2.05) is 0 Å². The molecule has 0 saturated carbocycles. The number of thioether (sulfide) groups is 1. The highest BCUT2D eigenvalue weighted by molar-refractivity contribution is 8.01. The largest absolute Gasteiger partial charge is 0.329 e. The van der Waals surface area contributed by atoms with Crippen molar-refractivity contribution in [1.29, 1.82) is 0 Å². The zero-order chi connectivity index (χ0) is 15.9. The van der Waals surface area contributed by atoms with Crippen LogP contribution < -0.4 is 5.73 Å². The number of hydrogen-bond donors (Lipinski definition) is 1. The van der Waals surface area contributed by atoms with E-state index in [-0.39, 0.29) is 16.7 Å². The highest BCUT2D eigenvalue weighted by Crippen LogP contribution is 2.31. The van der Waals surface area contributed by atoms with Gasteiger partial charge in [-0.05, 0) is 13.3 Å². The molecule has 6 heteroatoms. The Labute approximate surface area is 135 Å². The molecule has 0 radical (unpaired) electrons. The molecule has 21 heavy (non-hydrogen) atoms. The van der Waals surface area contributed by atoms with Crippen LogP contribution in [0.15, 0.2) is 0 Å². The molecule has 2 N–H and O–H groups in total. The van der Waals surface area contributed by atoms with Gasteiger partial charge in [-0.15, -0.1) is 0 Å². The molecule has 126 valence electrons. The second kappa shape index (κ2) is 8.75. The zero-order valence-corrected chi connectivity index (χ0v) is 15.4. The van der Waals surface area contributed by atoms with Crippen molar-refractivity contribution in [3.05, 3.63) is 0 Å². The summed E-state index contributed by atoms with van der Waals surface area (Å²) in [5, 5.41) is -0.360. The van der Waals surface area contributed by atoms with Crippen LogP contribution in [-0.4, -0.2) is 54.6 Å². The van der Waals surface area contributed by atoms with Crippen molar-refractivity contribution in [2.24, 2.45) is 5.73 Å². The van der Waals surface area contributed by atoms with Crippen LogP contribution in [0.2, 0.25) is 0 Å². The van der Waals surface area contributed by atoms with E-state index < -0.39 is 9.84 Å². The molecule has 1 saturated heterocycles. The van der Waals surface area contributed by atoms with E-state index in [9.17, 15) is 8.42 Å². The quantitative estimate of drug-likeness (QED) is 0.655. The fraction of sp³-hybridized carbons (Fsp3) is 1.00. The average molecular weight is 337 g/mol. The first kappa shape index (κ1) is 19.3. The lowest BCUT2D eigenvalue weighted by molar-refractivity contribution is 0.0940. The Kier molecular flexibility index (Phi) is 8.03. The minimum Gasteiger partial charge on any atom is -0.329 e. The summed E-state index contributed by atoms with van der Waals surface area (Å²) in [5.74, 6) is 1.90. The molecule has 0 aromatic heterocycles. The van der Waals surface area contributed by atoms with Crippen LogP contribution in [0, 0.1) is 0 Å². The third-order valence-electron chi connectivity index (χ3n) is 4.60. The summed E-state index contributed by atoms with van der Waals surface area (Å²) >= 11 is 1.75. The Morgan fingerprint density at radius 1 is 1.29 bits per heavy atom. The van der Waals surface area contributed by atoms with Gasteiger partial charge in [-0.25, -0.2) is 8.42 Å². The summed E-state index contributed by atoms with van der Waals surface area (Å²) in [7, 11) is -3.05. The van der Waals surface area contributed by atoms with Crippen molar-refractivity contribution in [2.45, 2.75) is 63.8 Å². The van der Waals surface area contributed by atoms with Crippen molar-refractivity contribution in [3.8, 4) is 0 Å². The van der Waals surface area contributed by atoms with Gasteiger partial charge in [0.2, 0.25) is 0 Å². The van der Waals surface area contributed by atoms with Gasteiger partial charge in [0.25, 0.3) is 0 Å². The third-order valence-corrected chi connectivity index (χ3v) is 7.89. The van der Waals surface area contributed by atoms with Crippen LogP contribution in [-0.2, 0) is 9.84 Å². The fourth-order valence-corrected chi connectivity index (χ4v) is 6.11. The number of unbranched alkanes of at least 4 members (excludes halogenated alkanes) is 3. The summed E-state index contributed by atoms with van der Waals surface area (Å²) in [5.41, 5.74) is 5.86. The third kappa shape index (κ3) is 5.12. The average Bonchev–Trinajstić information content (AvgIpc) is 2.51. The number of rotatable bonds is 9. The van der Waals surface area contributed by atoms with E-state index in [4.69, 9.17) is 5.73 Å². The van der Waals surface area contributed by atoms with Gasteiger partial charge in [0, 0.05) is 35.9 Å². The second-order valence-corrected chi connectivity index (χ2v) is 9.78. The Bertz CT molecular complexity index is 400. The van der Waals surface area contributed by atoms with Gasteiger partial charge in [0.05, 0.1) is 0 Å². The van der Waals surface area contributed by atoms with E-state index in [2.05, 4.69) is 18.7 Å². The lowest BCUT2D eigenvalue weighted by Gasteiger charge is -2.47. The summed E-state index contributed by atoms with van der Waals surface area (Å²) in [6, 6.07) is 0. The standard InChI is InChI=1S/C15H32N2O2S2/c1-4-6-7-8-9-15(3,13-16)17-10-11-20-12-14(17)21(18,19)5-2/h14H,4-13,16H2,1-3H3. The molecule has 0 aliphatic carbocycles. The molecule has 2 unspecified atom stereocenters. The highest BCUT2D eigenvalue weighted by atomic mass is 32.2. The number of nitrogens with zero attached hydrogens (tertiary/aromatic N) is 1. The molecule has 1 aliphatic rings. The molecule has 4 nitrogen and oxygen atoms in total. The molecular formula is C15H32N2O2S2. The van der Waals surface area contributed by atoms with Gasteiger partial charge in [-0.2, -0.15) is 11.8 Å². The Morgan fingerprint density at radius 2 is 2.00 bits per heavy atom. The summed E-state index contributed by atoms with van der Waals surface area (Å²) < 4.78 is 24.8. The van der Waals surface area contributed by atoms with Crippen LogP contribution in [0.25, 0.3) is 0 Å². The molecular weight excluding hydrogens is 304 g/mol. The monoisotopic (exact) mass is 336 g/mol. The van der Waals surface area contributed by atoms with Gasteiger partial charge in [-0.1, -0.05) is 39.5 Å². The van der Waals surface area contributed by atoms with Crippen LogP contribution >= 0.6 is 11.8 Å².